The number of amides is 1. The highest BCUT2D eigenvalue weighted by Gasteiger charge is 2.36. The molecule has 0 saturated carbocycles. The average Bonchev–Trinajstić information content (AvgIpc) is 2.44. The van der Waals surface area contributed by atoms with Gasteiger partial charge < -0.3 is 15.0 Å². The minimum Gasteiger partial charge on any atom is -0.534 e. The topological polar surface area (TPSA) is 75.6 Å². The molecule has 2 rings (SSSR count). The number of nitrogens with one attached hydrogen (secondary N) is 1. The van der Waals surface area contributed by atoms with Crippen LogP contribution >= 0.6 is 11.6 Å². The molecule has 0 bridgehead atoms. The highest BCUT2D eigenvalue weighted by molar-refractivity contribution is 6.47. The normalized spacial score (nSPS) is 17.5. The number of rotatable bonds is 5. The van der Waals surface area contributed by atoms with Crippen molar-refractivity contribution in [3.05, 3.63) is 29.3 Å². The fourth-order valence-electron chi connectivity index (χ4n) is 2.35. The summed E-state index contributed by atoms with van der Waals surface area (Å²) < 4.78 is 5.40. The molecule has 118 valence electrons. The van der Waals surface area contributed by atoms with E-state index in [9.17, 15) is 14.6 Å². The Kier molecular flexibility index (Phi) is 5.14. The summed E-state index contributed by atoms with van der Waals surface area (Å²) in [5.74, 6) is -0.339. The lowest BCUT2D eigenvalue weighted by atomic mass is 9.72. The molecule has 0 fully saturated rings. The van der Waals surface area contributed by atoms with Gasteiger partial charge in [0.1, 0.15) is 5.75 Å². The maximum absolute atomic E-state index is 11.9. The Hall–Kier alpha value is -1.53. The van der Waals surface area contributed by atoms with Crippen LogP contribution in [0, 0.1) is 0 Å². The zero-order valence-corrected chi connectivity index (χ0v) is 13.4. The summed E-state index contributed by atoms with van der Waals surface area (Å²) >= 11 is 6.06. The minimum absolute atomic E-state index is 0.184. The summed E-state index contributed by atoms with van der Waals surface area (Å²) in [4.78, 5) is 22.5. The van der Waals surface area contributed by atoms with Gasteiger partial charge >= 0.3 is 7.12 Å². The Morgan fingerprint density at radius 1 is 1.59 bits per heavy atom. The Labute approximate surface area is 135 Å². The van der Waals surface area contributed by atoms with Crippen molar-refractivity contribution in [2.45, 2.75) is 43.9 Å². The molecule has 1 aliphatic heterocycles. The molecule has 1 heterocycles. The third kappa shape index (κ3) is 4.24. The minimum atomic E-state index is -1.18. The van der Waals surface area contributed by atoms with Crippen LogP contribution in [0.5, 0.6) is 5.75 Å². The molecule has 1 atom stereocenters. The molecule has 0 saturated heterocycles. The summed E-state index contributed by atoms with van der Waals surface area (Å²) in [5.41, 5.74) is 1.18. The van der Waals surface area contributed by atoms with E-state index in [2.05, 4.69) is 5.32 Å². The van der Waals surface area contributed by atoms with E-state index in [1.165, 1.54) is 0 Å². The van der Waals surface area contributed by atoms with Gasteiger partial charge in [0, 0.05) is 11.3 Å². The van der Waals surface area contributed by atoms with Crippen LogP contribution in [-0.2, 0) is 11.2 Å². The van der Waals surface area contributed by atoms with Gasteiger partial charge in [-0.1, -0.05) is 12.1 Å². The molecule has 0 radical (unpaired) electrons. The number of para-hydroxylation sites is 1. The van der Waals surface area contributed by atoms with Crippen LogP contribution in [0.2, 0.25) is 0 Å². The first-order chi connectivity index (χ1) is 10.3. The molecule has 5 nitrogen and oxygen atoms in total. The fraction of sp³-hybridized carbons (Fsp3) is 0.467. The summed E-state index contributed by atoms with van der Waals surface area (Å²) in [5, 5.41) is 12.8. The third-order valence-corrected chi connectivity index (χ3v) is 3.76. The Morgan fingerprint density at radius 2 is 2.32 bits per heavy atom. The predicted octanol–water partition coefficient (Wildman–Crippen LogP) is 1.74. The molecule has 1 aromatic rings. The van der Waals surface area contributed by atoms with Crippen molar-refractivity contribution in [1.82, 2.24) is 5.32 Å². The number of halogens is 1. The quantitative estimate of drug-likeness (QED) is 0.492. The van der Waals surface area contributed by atoms with E-state index >= 15 is 0 Å². The monoisotopic (exact) mass is 323 g/mol. The van der Waals surface area contributed by atoms with Crippen LogP contribution in [0.15, 0.2) is 18.2 Å². The summed E-state index contributed by atoms with van der Waals surface area (Å²) in [6.07, 6.45) is 1.91. The third-order valence-electron chi connectivity index (χ3n) is 3.57. The summed E-state index contributed by atoms with van der Waals surface area (Å²) in [6, 6.07) is 5.19. The molecule has 0 aromatic heterocycles. The Balaban J connectivity index is 2.02. The molecule has 2 N–H and O–H groups in total. The van der Waals surface area contributed by atoms with Crippen molar-refractivity contribution in [3.63, 3.8) is 0 Å². The van der Waals surface area contributed by atoms with E-state index in [-0.39, 0.29) is 12.3 Å². The molecule has 7 heteroatoms. The van der Waals surface area contributed by atoms with Gasteiger partial charge in [-0.3, -0.25) is 9.59 Å². The lowest BCUT2D eigenvalue weighted by Gasteiger charge is -2.29. The zero-order chi connectivity index (χ0) is 16.3. The van der Waals surface area contributed by atoms with Crippen LogP contribution in [0.3, 0.4) is 0 Å². The number of benzene rings is 1. The molecule has 1 aliphatic rings. The van der Waals surface area contributed by atoms with Gasteiger partial charge in [0.2, 0.25) is 5.91 Å². The molecule has 1 amide bonds. The van der Waals surface area contributed by atoms with Crippen LogP contribution in [0.1, 0.15) is 42.6 Å². The molecule has 0 aliphatic carbocycles. The molecule has 1 aromatic carbocycles. The van der Waals surface area contributed by atoms with E-state index < -0.39 is 17.9 Å². The predicted molar refractivity (Wildman–Crippen MR) is 85.2 cm³/mol. The lowest BCUT2D eigenvalue weighted by molar-refractivity contribution is -0.121. The summed E-state index contributed by atoms with van der Waals surface area (Å²) in [7, 11) is -1.18. The average molecular weight is 324 g/mol. The number of aldehydes is 1. The van der Waals surface area contributed by atoms with Crippen molar-refractivity contribution in [2.24, 2.45) is 0 Å². The maximum Gasteiger partial charge on any atom is 0.547 e. The van der Waals surface area contributed by atoms with Gasteiger partial charge in [-0.15, -0.1) is 11.6 Å². The first-order valence-corrected chi connectivity index (χ1v) is 7.58. The largest absolute Gasteiger partial charge is 0.547 e. The highest BCUT2D eigenvalue weighted by atomic mass is 35.5. The number of alkyl halides is 1. The fourth-order valence-corrected chi connectivity index (χ4v) is 2.45. The van der Waals surface area contributed by atoms with Gasteiger partial charge in [0.05, 0.1) is 11.5 Å². The van der Waals surface area contributed by atoms with Gasteiger partial charge in [-0.05, 0) is 38.3 Å². The number of hydrogen-bond acceptors (Lipinski definition) is 4. The van der Waals surface area contributed by atoms with Crippen LogP contribution < -0.4 is 9.97 Å². The summed E-state index contributed by atoms with van der Waals surface area (Å²) in [6.45, 7) is 3.69. The van der Waals surface area contributed by atoms with Crippen LogP contribution in [-0.4, -0.2) is 35.2 Å². The van der Waals surface area contributed by atoms with Crippen molar-refractivity contribution in [2.75, 3.05) is 0 Å². The van der Waals surface area contributed by atoms with Crippen molar-refractivity contribution >= 4 is 30.9 Å². The second-order valence-electron chi connectivity index (χ2n) is 6.06. The Morgan fingerprint density at radius 3 is 2.95 bits per heavy atom. The second kappa shape index (κ2) is 6.71. The van der Waals surface area contributed by atoms with Gasteiger partial charge in [0.25, 0.3) is 0 Å². The van der Waals surface area contributed by atoms with Crippen LogP contribution in [0.4, 0.5) is 0 Å². The maximum atomic E-state index is 11.9. The second-order valence-corrected chi connectivity index (χ2v) is 7.08. The molecule has 0 spiro atoms. The molecule has 22 heavy (non-hydrogen) atoms. The van der Waals surface area contributed by atoms with E-state index in [0.717, 1.165) is 5.56 Å². The number of hydrogen-bond donors (Lipinski definition) is 2. The molecular formula is C15H19BClNO4. The zero-order valence-electron chi connectivity index (χ0n) is 12.6. The van der Waals surface area contributed by atoms with Crippen LogP contribution in [0.25, 0.3) is 0 Å². The van der Waals surface area contributed by atoms with Crippen molar-refractivity contribution in [3.8, 4) is 5.75 Å². The van der Waals surface area contributed by atoms with E-state index in [1.54, 1.807) is 12.1 Å². The van der Waals surface area contributed by atoms with Gasteiger partial charge in [0.15, 0.2) is 6.29 Å². The van der Waals surface area contributed by atoms with Crippen molar-refractivity contribution < 1.29 is 19.3 Å². The first-order valence-electron chi connectivity index (χ1n) is 7.20. The van der Waals surface area contributed by atoms with E-state index in [0.29, 0.717) is 30.4 Å². The van der Waals surface area contributed by atoms with Gasteiger partial charge in [-0.2, -0.15) is 0 Å². The lowest BCUT2D eigenvalue weighted by Crippen LogP contribution is -2.53. The van der Waals surface area contributed by atoms with E-state index in [4.69, 9.17) is 16.3 Å². The number of carbonyl (C=O) groups excluding carboxylic acids is 2. The number of carbonyl (C=O) groups is 2. The van der Waals surface area contributed by atoms with Crippen molar-refractivity contribution in [1.29, 1.82) is 0 Å². The molecule has 0 unspecified atom stereocenters. The highest BCUT2D eigenvalue weighted by Crippen LogP contribution is 2.29. The Bertz CT molecular complexity index is 573. The standard InChI is InChI=1S/C15H19BClNO4/c1-15(2,17)7-6-13(20)18-12-8-10-4-3-5-11(9-19)14(10)22-16(12)21/h3-5,9,12,21H,6-8H2,1-2H3,(H,18,20)/t12-/m0/s1. The smallest absolute Gasteiger partial charge is 0.534 e. The first kappa shape index (κ1) is 16.8. The molecular weight excluding hydrogens is 304 g/mol. The number of fused-ring (bicyclic) bond motifs is 1. The van der Waals surface area contributed by atoms with Gasteiger partial charge in [-0.25, -0.2) is 0 Å². The van der Waals surface area contributed by atoms with E-state index in [1.807, 2.05) is 19.9 Å². The SMILES string of the molecule is CC(C)(Cl)CCC(=O)N[C@H]1Cc2cccc(C=O)c2OB1O.